The van der Waals surface area contributed by atoms with Crippen molar-refractivity contribution in [1.82, 2.24) is 10.2 Å². The first-order valence-electron chi connectivity index (χ1n) is 8.24. The van der Waals surface area contributed by atoms with Gasteiger partial charge in [-0.25, -0.2) is 0 Å². The molecule has 1 fully saturated rings. The Bertz CT molecular complexity index is 628. The van der Waals surface area contributed by atoms with Gasteiger partial charge < -0.3 is 15.2 Å². The van der Waals surface area contributed by atoms with Gasteiger partial charge in [-0.15, -0.1) is 0 Å². The van der Waals surface area contributed by atoms with Crippen LogP contribution in [0.3, 0.4) is 0 Å². The highest BCUT2D eigenvalue weighted by atomic mass is 19.4. The second-order valence-electron chi connectivity index (χ2n) is 6.16. The molecule has 1 aliphatic carbocycles. The first-order valence-corrected chi connectivity index (χ1v) is 8.24. The summed E-state index contributed by atoms with van der Waals surface area (Å²) in [5.74, 6) is -1.07. The first-order chi connectivity index (χ1) is 12.2. The van der Waals surface area contributed by atoms with Crippen molar-refractivity contribution in [2.45, 2.75) is 38.0 Å². The molecule has 0 aromatic heterocycles. The topological polar surface area (TPSA) is 78.9 Å². The highest BCUT2D eigenvalue weighted by molar-refractivity contribution is 5.78. The number of carbonyl (C=O) groups is 2. The van der Waals surface area contributed by atoms with Crippen molar-refractivity contribution in [3.63, 3.8) is 0 Å². The summed E-state index contributed by atoms with van der Waals surface area (Å²) in [6, 6.07) is 4.20. The lowest BCUT2D eigenvalue weighted by Gasteiger charge is -2.42. The van der Waals surface area contributed by atoms with Crippen LogP contribution in [-0.4, -0.2) is 53.7 Å². The Hall–Kier alpha value is -2.29. The van der Waals surface area contributed by atoms with Crippen LogP contribution >= 0.6 is 0 Å². The lowest BCUT2D eigenvalue weighted by atomic mass is 9.85. The van der Waals surface area contributed by atoms with E-state index in [4.69, 9.17) is 9.84 Å². The zero-order valence-corrected chi connectivity index (χ0v) is 14.3. The van der Waals surface area contributed by atoms with Crippen molar-refractivity contribution in [2.24, 2.45) is 0 Å². The number of benzene rings is 1. The van der Waals surface area contributed by atoms with Crippen LogP contribution in [-0.2, 0) is 15.8 Å². The molecule has 0 saturated heterocycles. The molecule has 0 bridgehead atoms. The average molecular weight is 374 g/mol. The van der Waals surface area contributed by atoms with E-state index >= 15 is 0 Å². The Morgan fingerprint density at radius 2 is 1.88 bits per heavy atom. The van der Waals surface area contributed by atoms with Crippen molar-refractivity contribution in [3.05, 3.63) is 29.8 Å². The molecule has 0 atom stereocenters. The van der Waals surface area contributed by atoms with Crippen molar-refractivity contribution < 1.29 is 32.6 Å². The van der Waals surface area contributed by atoms with Gasteiger partial charge in [0.05, 0.1) is 12.1 Å². The summed E-state index contributed by atoms with van der Waals surface area (Å²) in [5, 5.41) is 11.6. The molecule has 6 nitrogen and oxygen atoms in total. The van der Waals surface area contributed by atoms with Gasteiger partial charge in [-0.05, 0) is 43.7 Å². The second kappa shape index (κ2) is 8.39. The van der Waals surface area contributed by atoms with E-state index in [1.165, 1.54) is 12.1 Å². The molecule has 1 aromatic carbocycles. The fourth-order valence-electron chi connectivity index (χ4n) is 2.84. The van der Waals surface area contributed by atoms with Crippen molar-refractivity contribution in [3.8, 4) is 5.75 Å². The number of hydrogen-bond donors (Lipinski definition) is 2. The summed E-state index contributed by atoms with van der Waals surface area (Å²) < 4.78 is 42.6. The van der Waals surface area contributed by atoms with E-state index in [1.54, 1.807) is 0 Å². The molecular weight excluding hydrogens is 353 g/mol. The van der Waals surface area contributed by atoms with E-state index in [-0.39, 0.29) is 36.9 Å². The summed E-state index contributed by atoms with van der Waals surface area (Å²) in [5.41, 5.74) is -0.781. The normalized spacial score (nSPS) is 19.7. The number of carboxylic acid groups (broad SMARTS) is 1. The molecule has 0 aliphatic heterocycles. The molecule has 1 aliphatic rings. The quantitative estimate of drug-likeness (QED) is 0.729. The molecule has 1 saturated carbocycles. The minimum absolute atomic E-state index is 0.0289. The summed E-state index contributed by atoms with van der Waals surface area (Å²) in [6.45, 7) is 2.18. The molecule has 2 N–H and O–H groups in total. The standard InChI is InChI=1S/C17H21F3N2O4/c1-2-22(9-16(24)25)13-7-12(8-13)21-15(23)10-26-14-5-3-11(4-6-14)17(18,19)20/h3-6,12-13H,2,7-10H2,1H3,(H,21,23)(H,24,25). The summed E-state index contributed by atoms with van der Waals surface area (Å²) in [7, 11) is 0. The third kappa shape index (κ3) is 5.62. The van der Waals surface area contributed by atoms with Crippen LogP contribution in [0.15, 0.2) is 24.3 Å². The molecule has 0 spiro atoms. The van der Waals surface area contributed by atoms with Gasteiger partial charge in [-0.2, -0.15) is 13.2 Å². The lowest BCUT2D eigenvalue weighted by molar-refractivity contribution is -0.140. The zero-order chi connectivity index (χ0) is 19.3. The lowest BCUT2D eigenvalue weighted by Crippen LogP contribution is -2.55. The van der Waals surface area contributed by atoms with Crippen molar-refractivity contribution in [2.75, 3.05) is 19.7 Å². The molecular formula is C17H21F3N2O4. The molecule has 144 valence electrons. The predicted molar refractivity (Wildman–Crippen MR) is 86.8 cm³/mol. The van der Waals surface area contributed by atoms with Crippen LogP contribution in [0.5, 0.6) is 5.75 Å². The number of nitrogens with one attached hydrogen (secondary N) is 1. The van der Waals surface area contributed by atoms with E-state index in [0.717, 1.165) is 12.1 Å². The summed E-state index contributed by atoms with van der Waals surface area (Å²) >= 11 is 0. The molecule has 0 heterocycles. The van der Waals surface area contributed by atoms with Gasteiger partial charge in [0.25, 0.3) is 5.91 Å². The van der Waals surface area contributed by atoms with E-state index in [2.05, 4.69) is 5.32 Å². The number of alkyl halides is 3. The monoisotopic (exact) mass is 374 g/mol. The maximum atomic E-state index is 12.5. The van der Waals surface area contributed by atoms with Gasteiger partial charge in [0.15, 0.2) is 6.61 Å². The molecule has 0 radical (unpaired) electrons. The maximum Gasteiger partial charge on any atom is 0.416 e. The number of amides is 1. The summed E-state index contributed by atoms with van der Waals surface area (Å²) in [6.07, 6.45) is -3.09. The smallest absolute Gasteiger partial charge is 0.416 e. The van der Waals surface area contributed by atoms with Crippen LogP contribution in [0.4, 0.5) is 13.2 Å². The number of carbonyl (C=O) groups excluding carboxylic acids is 1. The molecule has 9 heteroatoms. The number of aliphatic carboxylic acids is 1. The number of nitrogens with zero attached hydrogens (tertiary/aromatic N) is 1. The minimum Gasteiger partial charge on any atom is -0.484 e. The fraction of sp³-hybridized carbons (Fsp3) is 0.529. The van der Waals surface area contributed by atoms with E-state index < -0.39 is 17.7 Å². The minimum atomic E-state index is -4.41. The summed E-state index contributed by atoms with van der Waals surface area (Å²) in [4.78, 5) is 24.5. The van der Waals surface area contributed by atoms with Crippen LogP contribution in [0.2, 0.25) is 0 Å². The van der Waals surface area contributed by atoms with Crippen LogP contribution in [0, 0.1) is 0 Å². The van der Waals surface area contributed by atoms with E-state index in [0.29, 0.717) is 19.4 Å². The van der Waals surface area contributed by atoms with E-state index in [1.807, 2.05) is 11.8 Å². The number of halogens is 3. The Morgan fingerprint density at radius 1 is 1.27 bits per heavy atom. The Balaban J connectivity index is 1.71. The zero-order valence-electron chi connectivity index (χ0n) is 14.3. The molecule has 1 amide bonds. The Labute approximate surface area is 148 Å². The highest BCUT2D eigenvalue weighted by Crippen LogP contribution is 2.30. The number of hydrogen-bond acceptors (Lipinski definition) is 4. The second-order valence-corrected chi connectivity index (χ2v) is 6.16. The number of ether oxygens (including phenoxy) is 1. The van der Waals surface area contributed by atoms with Crippen LogP contribution in [0.1, 0.15) is 25.3 Å². The SMILES string of the molecule is CCN(CC(=O)O)C1CC(NC(=O)COc2ccc(C(F)(F)F)cc2)C1. The van der Waals surface area contributed by atoms with Crippen LogP contribution < -0.4 is 10.1 Å². The van der Waals surface area contributed by atoms with Crippen molar-refractivity contribution >= 4 is 11.9 Å². The van der Waals surface area contributed by atoms with Gasteiger partial charge >= 0.3 is 12.1 Å². The molecule has 0 unspecified atom stereocenters. The van der Waals surface area contributed by atoms with Gasteiger partial charge in [-0.3, -0.25) is 14.5 Å². The number of carboxylic acids is 1. The average Bonchev–Trinajstić information content (AvgIpc) is 2.53. The van der Waals surface area contributed by atoms with Gasteiger partial charge in [0.1, 0.15) is 5.75 Å². The maximum absolute atomic E-state index is 12.5. The highest BCUT2D eigenvalue weighted by Gasteiger charge is 2.34. The van der Waals surface area contributed by atoms with Gasteiger partial charge in [-0.1, -0.05) is 6.92 Å². The van der Waals surface area contributed by atoms with Gasteiger partial charge in [0.2, 0.25) is 0 Å². The fourth-order valence-corrected chi connectivity index (χ4v) is 2.84. The molecule has 2 rings (SSSR count). The van der Waals surface area contributed by atoms with Crippen LogP contribution in [0.25, 0.3) is 0 Å². The third-order valence-electron chi connectivity index (χ3n) is 4.29. The first kappa shape index (κ1) is 20.0. The predicted octanol–water partition coefficient (Wildman–Crippen LogP) is 2.14. The molecule has 26 heavy (non-hydrogen) atoms. The molecule has 1 aromatic rings. The Kier molecular flexibility index (Phi) is 6.47. The number of likely N-dealkylation sites (N-methyl/N-ethyl adjacent to an activating group) is 1. The Morgan fingerprint density at radius 3 is 2.38 bits per heavy atom. The van der Waals surface area contributed by atoms with Crippen molar-refractivity contribution in [1.29, 1.82) is 0 Å². The third-order valence-corrected chi connectivity index (χ3v) is 4.29. The van der Waals surface area contributed by atoms with Gasteiger partial charge in [0, 0.05) is 12.1 Å². The largest absolute Gasteiger partial charge is 0.484 e. The van der Waals surface area contributed by atoms with E-state index in [9.17, 15) is 22.8 Å². The number of rotatable bonds is 8.